The van der Waals surface area contributed by atoms with E-state index in [4.69, 9.17) is 4.74 Å². The van der Waals surface area contributed by atoms with Crippen LogP contribution in [0.1, 0.15) is 49.3 Å². The summed E-state index contributed by atoms with van der Waals surface area (Å²) in [7, 11) is 0. The second-order valence-electron chi connectivity index (χ2n) is 6.44. The number of aromatic hydroxyl groups is 1. The van der Waals surface area contributed by atoms with Gasteiger partial charge in [-0.3, -0.25) is 4.90 Å². The molecule has 1 saturated heterocycles. The van der Waals surface area contributed by atoms with E-state index >= 15 is 0 Å². The minimum Gasteiger partial charge on any atom is -0.508 e. The third-order valence-corrected chi connectivity index (χ3v) is 5.33. The molecule has 3 nitrogen and oxygen atoms in total. The highest BCUT2D eigenvalue weighted by atomic mass is 16.5. The Hall–Kier alpha value is -1.06. The molecular weight excluding hydrogens is 250 g/mol. The third-order valence-electron chi connectivity index (χ3n) is 5.33. The van der Waals surface area contributed by atoms with Crippen molar-refractivity contribution < 1.29 is 9.84 Å². The van der Waals surface area contributed by atoms with Gasteiger partial charge in [0.25, 0.3) is 0 Å². The molecule has 4 rings (SSSR count). The van der Waals surface area contributed by atoms with E-state index in [2.05, 4.69) is 11.0 Å². The lowest BCUT2D eigenvalue weighted by molar-refractivity contribution is -0.0748. The Morgan fingerprint density at radius 3 is 3.05 bits per heavy atom. The maximum absolute atomic E-state index is 9.70. The number of hydrogen-bond donors (Lipinski definition) is 1. The summed E-state index contributed by atoms with van der Waals surface area (Å²) in [5, 5.41) is 9.70. The number of hydrogen-bond acceptors (Lipinski definition) is 3. The molecule has 1 aromatic carbocycles. The van der Waals surface area contributed by atoms with E-state index in [1.54, 1.807) is 0 Å². The Bertz CT molecular complexity index is 502. The molecule has 1 N–H and O–H groups in total. The number of ether oxygens (including phenoxy) is 1. The topological polar surface area (TPSA) is 32.7 Å². The second-order valence-corrected chi connectivity index (χ2v) is 6.44. The van der Waals surface area contributed by atoms with Crippen molar-refractivity contribution >= 4 is 0 Å². The number of benzene rings is 1. The molecule has 0 spiro atoms. The fraction of sp³-hybridized carbons (Fsp3) is 0.647. The molecule has 3 unspecified atom stereocenters. The minimum absolute atomic E-state index is 0.408. The third kappa shape index (κ3) is 2.04. The van der Waals surface area contributed by atoms with E-state index in [1.165, 1.54) is 43.2 Å². The standard InChI is InChI=1S/C17H23NO2/c19-13-7-8-14-12(11-13)3-1-4-15(14)18-9-10-20-17-6-2-5-16(17)18/h7-8,11,15-17,19H,1-6,9-10H2. The van der Waals surface area contributed by atoms with Gasteiger partial charge in [0.05, 0.1) is 12.7 Å². The van der Waals surface area contributed by atoms with Crippen LogP contribution in [0.2, 0.25) is 0 Å². The lowest BCUT2D eigenvalue weighted by atomic mass is 9.85. The first-order chi connectivity index (χ1) is 9.83. The van der Waals surface area contributed by atoms with Crippen molar-refractivity contribution in [2.75, 3.05) is 13.2 Å². The van der Waals surface area contributed by atoms with Crippen LogP contribution in [-0.4, -0.2) is 35.3 Å². The zero-order chi connectivity index (χ0) is 13.5. The summed E-state index contributed by atoms with van der Waals surface area (Å²) in [4.78, 5) is 2.70. The number of phenols is 1. The van der Waals surface area contributed by atoms with Gasteiger partial charge in [-0.15, -0.1) is 0 Å². The predicted molar refractivity (Wildman–Crippen MR) is 77.9 cm³/mol. The molecule has 3 atom stereocenters. The summed E-state index contributed by atoms with van der Waals surface area (Å²) < 4.78 is 5.95. The summed E-state index contributed by atoms with van der Waals surface area (Å²) in [5.41, 5.74) is 2.80. The van der Waals surface area contributed by atoms with Crippen LogP contribution in [-0.2, 0) is 11.2 Å². The van der Waals surface area contributed by atoms with Gasteiger partial charge in [-0.1, -0.05) is 6.07 Å². The summed E-state index contributed by atoms with van der Waals surface area (Å²) in [6.07, 6.45) is 7.88. The zero-order valence-electron chi connectivity index (χ0n) is 11.9. The van der Waals surface area contributed by atoms with Crippen molar-refractivity contribution in [1.29, 1.82) is 0 Å². The summed E-state index contributed by atoms with van der Waals surface area (Å²) >= 11 is 0. The molecule has 0 aromatic heterocycles. The van der Waals surface area contributed by atoms with Gasteiger partial charge in [-0.25, -0.2) is 0 Å². The van der Waals surface area contributed by atoms with Gasteiger partial charge < -0.3 is 9.84 Å². The van der Waals surface area contributed by atoms with Crippen LogP contribution in [0, 0.1) is 0 Å². The second kappa shape index (κ2) is 5.05. The van der Waals surface area contributed by atoms with Crippen molar-refractivity contribution in [1.82, 2.24) is 4.90 Å². The molecule has 20 heavy (non-hydrogen) atoms. The molecule has 2 aliphatic carbocycles. The van der Waals surface area contributed by atoms with E-state index in [0.717, 1.165) is 19.6 Å². The average molecular weight is 273 g/mol. The fourth-order valence-electron chi connectivity index (χ4n) is 4.46. The molecule has 108 valence electrons. The molecule has 0 radical (unpaired) electrons. The fourth-order valence-corrected chi connectivity index (χ4v) is 4.46. The molecule has 3 aliphatic rings. The van der Waals surface area contributed by atoms with E-state index in [-0.39, 0.29) is 0 Å². The smallest absolute Gasteiger partial charge is 0.115 e. The number of phenolic OH excluding ortho intramolecular Hbond substituents is 1. The van der Waals surface area contributed by atoms with E-state index in [9.17, 15) is 5.11 Å². The normalized spacial score (nSPS) is 33.7. The number of aryl methyl sites for hydroxylation is 1. The molecule has 3 heteroatoms. The highest BCUT2D eigenvalue weighted by Crippen LogP contribution is 2.41. The summed E-state index contributed by atoms with van der Waals surface area (Å²) in [6, 6.07) is 7.12. The van der Waals surface area contributed by atoms with Gasteiger partial charge in [0.1, 0.15) is 5.75 Å². The summed E-state index contributed by atoms with van der Waals surface area (Å²) in [6.45, 7) is 1.94. The molecule has 1 aliphatic heterocycles. The van der Waals surface area contributed by atoms with Gasteiger partial charge >= 0.3 is 0 Å². The van der Waals surface area contributed by atoms with Crippen LogP contribution >= 0.6 is 0 Å². The van der Waals surface area contributed by atoms with Crippen molar-refractivity contribution in [3.63, 3.8) is 0 Å². The first-order valence-electron chi connectivity index (χ1n) is 8.02. The number of fused-ring (bicyclic) bond motifs is 2. The molecular formula is C17H23NO2. The van der Waals surface area contributed by atoms with E-state index in [1.807, 2.05) is 12.1 Å². The van der Waals surface area contributed by atoms with Crippen molar-refractivity contribution in [2.45, 2.75) is 56.7 Å². The lowest BCUT2D eigenvalue weighted by Crippen LogP contribution is -2.50. The number of rotatable bonds is 1. The van der Waals surface area contributed by atoms with Crippen LogP contribution in [0.15, 0.2) is 18.2 Å². The molecule has 2 fully saturated rings. The monoisotopic (exact) mass is 273 g/mol. The van der Waals surface area contributed by atoms with Crippen LogP contribution in [0.3, 0.4) is 0 Å². The van der Waals surface area contributed by atoms with Gasteiger partial charge in [0, 0.05) is 18.6 Å². The van der Waals surface area contributed by atoms with Crippen LogP contribution < -0.4 is 0 Å². The van der Waals surface area contributed by atoms with E-state index in [0.29, 0.717) is 23.9 Å². The minimum atomic E-state index is 0.408. The zero-order valence-corrected chi connectivity index (χ0v) is 11.9. The molecule has 0 amide bonds. The molecule has 1 aromatic rings. The van der Waals surface area contributed by atoms with Gasteiger partial charge in [-0.05, 0) is 61.8 Å². The van der Waals surface area contributed by atoms with Crippen LogP contribution in [0.4, 0.5) is 0 Å². The van der Waals surface area contributed by atoms with Crippen molar-refractivity contribution in [3.05, 3.63) is 29.3 Å². The Labute approximate surface area is 120 Å². The van der Waals surface area contributed by atoms with E-state index < -0.39 is 0 Å². The predicted octanol–water partition coefficient (Wildman–Crippen LogP) is 3.02. The maximum atomic E-state index is 9.70. The molecule has 1 saturated carbocycles. The van der Waals surface area contributed by atoms with Gasteiger partial charge in [0.2, 0.25) is 0 Å². The van der Waals surface area contributed by atoms with Crippen molar-refractivity contribution in [2.24, 2.45) is 0 Å². The number of nitrogens with zero attached hydrogens (tertiary/aromatic N) is 1. The average Bonchev–Trinajstić information content (AvgIpc) is 2.94. The Morgan fingerprint density at radius 1 is 1.15 bits per heavy atom. The van der Waals surface area contributed by atoms with Crippen LogP contribution in [0.5, 0.6) is 5.75 Å². The Balaban J connectivity index is 1.66. The Morgan fingerprint density at radius 2 is 2.10 bits per heavy atom. The van der Waals surface area contributed by atoms with Crippen LogP contribution in [0.25, 0.3) is 0 Å². The number of morpholine rings is 1. The van der Waals surface area contributed by atoms with Crippen molar-refractivity contribution in [3.8, 4) is 5.75 Å². The Kier molecular flexibility index (Phi) is 3.20. The first kappa shape index (κ1) is 12.7. The maximum Gasteiger partial charge on any atom is 0.115 e. The largest absolute Gasteiger partial charge is 0.508 e. The SMILES string of the molecule is Oc1ccc2c(c1)CCCC2N1CCOC2CCCC21. The molecule has 1 heterocycles. The quantitative estimate of drug-likeness (QED) is 0.853. The highest BCUT2D eigenvalue weighted by molar-refractivity contribution is 5.38. The lowest BCUT2D eigenvalue weighted by Gasteiger charge is -2.44. The van der Waals surface area contributed by atoms with Gasteiger partial charge in [0.15, 0.2) is 0 Å². The highest BCUT2D eigenvalue weighted by Gasteiger charge is 2.40. The van der Waals surface area contributed by atoms with Gasteiger partial charge in [-0.2, -0.15) is 0 Å². The summed E-state index contributed by atoms with van der Waals surface area (Å²) in [5.74, 6) is 0.408. The first-order valence-corrected chi connectivity index (χ1v) is 8.02. The molecule has 0 bridgehead atoms.